The van der Waals surface area contributed by atoms with Gasteiger partial charge in [-0.1, -0.05) is 32.9 Å². The third-order valence-corrected chi connectivity index (χ3v) is 3.53. The second kappa shape index (κ2) is 5.57. The molecule has 0 amide bonds. The van der Waals surface area contributed by atoms with Crippen molar-refractivity contribution in [2.75, 3.05) is 5.73 Å². The SMILES string of the molecule is CCc1nn(C)c(Oc2cc(C(C)C)ccc2C)c1N. The van der Waals surface area contributed by atoms with Crippen LogP contribution in [0.4, 0.5) is 5.69 Å². The highest BCUT2D eigenvalue weighted by Crippen LogP contribution is 2.33. The Kier molecular flexibility index (Phi) is 4.02. The molecule has 0 unspecified atom stereocenters. The minimum atomic E-state index is 0.466. The van der Waals surface area contributed by atoms with E-state index in [0.29, 0.717) is 17.5 Å². The Morgan fingerprint density at radius 3 is 2.60 bits per heavy atom. The van der Waals surface area contributed by atoms with Gasteiger partial charge in [0.05, 0.1) is 5.69 Å². The van der Waals surface area contributed by atoms with E-state index in [2.05, 4.69) is 37.1 Å². The fourth-order valence-corrected chi connectivity index (χ4v) is 2.15. The first kappa shape index (κ1) is 14.4. The largest absolute Gasteiger partial charge is 0.437 e. The maximum Gasteiger partial charge on any atom is 0.241 e. The van der Waals surface area contributed by atoms with Crippen molar-refractivity contribution in [2.45, 2.75) is 40.0 Å². The van der Waals surface area contributed by atoms with Crippen molar-refractivity contribution in [3.8, 4) is 11.6 Å². The van der Waals surface area contributed by atoms with Crippen LogP contribution in [0.2, 0.25) is 0 Å². The van der Waals surface area contributed by atoms with Gasteiger partial charge >= 0.3 is 0 Å². The van der Waals surface area contributed by atoms with Crippen LogP contribution in [-0.4, -0.2) is 9.78 Å². The number of ether oxygens (including phenoxy) is 1. The monoisotopic (exact) mass is 273 g/mol. The lowest BCUT2D eigenvalue weighted by atomic mass is 10.0. The molecule has 2 rings (SSSR count). The van der Waals surface area contributed by atoms with Gasteiger partial charge in [-0.15, -0.1) is 0 Å². The average molecular weight is 273 g/mol. The van der Waals surface area contributed by atoms with Gasteiger partial charge in [-0.05, 0) is 36.5 Å². The molecule has 1 aromatic heterocycles. The van der Waals surface area contributed by atoms with E-state index in [1.54, 1.807) is 4.68 Å². The third kappa shape index (κ3) is 2.64. The normalized spacial score (nSPS) is 11.1. The van der Waals surface area contributed by atoms with E-state index in [9.17, 15) is 0 Å². The van der Waals surface area contributed by atoms with Crippen molar-refractivity contribution in [2.24, 2.45) is 7.05 Å². The second-order valence-corrected chi connectivity index (χ2v) is 5.42. The number of rotatable bonds is 4. The Hall–Kier alpha value is -1.97. The minimum Gasteiger partial charge on any atom is -0.437 e. The van der Waals surface area contributed by atoms with Crippen LogP contribution in [0.25, 0.3) is 0 Å². The molecule has 0 aliphatic carbocycles. The number of nitrogens with zero attached hydrogens (tertiary/aromatic N) is 2. The molecular weight excluding hydrogens is 250 g/mol. The molecule has 4 nitrogen and oxygen atoms in total. The fraction of sp³-hybridized carbons (Fsp3) is 0.438. The standard InChI is InChI=1S/C16H23N3O/c1-6-13-15(17)16(19(5)18-13)20-14-9-12(10(2)3)8-7-11(14)4/h7-10H,6,17H2,1-5H3. The molecule has 0 atom stereocenters. The zero-order valence-corrected chi connectivity index (χ0v) is 12.9. The molecule has 2 aromatic rings. The van der Waals surface area contributed by atoms with Crippen LogP contribution in [0.15, 0.2) is 18.2 Å². The van der Waals surface area contributed by atoms with Gasteiger partial charge in [0, 0.05) is 7.05 Å². The maximum absolute atomic E-state index is 6.10. The first-order valence-electron chi connectivity index (χ1n) is 7.03. The fourth-order valence-electron chi connectivity index (χ4n) is 2.15. The number of nitrogen functional groups attached to an aromatic ring is 1. The summed E-state index contributed by atoms with van der Waals surface area (Å²) in [5, 5.41) is 4.38. The van der Waals surface area contributed by atoms with Crippen molar-refractivity contribution < 1.29 is 4.74 Å². The summed E-state index contributed by atoms with van der Waals surface area (Å²) in [6.45, 7) is 8.41. The van der Waals surface area contributed by atoms with E-state index in [0.717, 1.165) is 23.4 Å². The molecule has 0 fully saturated rings. The number of nitrogens with two attached hydrogens (primary N) is 1. The van der Waals surface area contributed by atoms with Crippen LogP contribution in [0.1, 0.15) is 43.5 Å². The topological polar surface area (TPSA) is 53.1 Å². The van der Waals surface area contributed by atoms with E-state index in [-0.39, 0.29) is 0 Å². The summed E-state index contributed by atoms with van der Waals surface area (Å²) in [4.78, 5) is 0. The predicted octanol–water partition coefficient (Wildman–Crippen LogP) is 3.79. The van der Waals surface area contributed by atoms with Gasteiger partial charge in [-0.2, -0.15) is 5.10 Å². The Balaban J connectivity index is 2.39. The van der Waals surface area contributed by atoms with Crippen LogP contribution in [0.5, 0.6) is 11.6 Å². The van der Waals surface area contributed by atoms with Gasteiger partial charge in [0.2, 0.25) is 5.88 Å². The molecule has 0 saturated heterocycles. The molecule has 0 spiro atoms. The molecule has 1 aromatic carbocycles. The lowest BCUT2D eigenvalue weighted by molar-refractivity contribution is 0.429. The molecule has 0 aliphatic heterocycles. The number of hydrogen-bond donors (Lipinski definition) is 1. The minimum absolute atomic E-state index is 0.466. The Morgan fingerprint density at radius 2 is 2.05 bits per heavy atom. The molecule has 4 heteroatoms. The Morgan fingerprint density at radius 1 is 1.35 bits per heavy atom. The van der Waals surface area contributed by atoms with E-state index >= 15 is 0 Å². The lowest BCUT2D eigenvalue weighted by Crippen LogP contribution is -1.99. The van der Waals surface area contributed by atoms with Crippen LogP contribution < -0.4 is 10.5 Å². The lowest BCUT2D eigenvalue weighted by Gasteiger charge is -2.13. The zero-order valence-electron chi connectivity index (χ0n) is 12.9. The molecule has 0 saturated carbocycles. The average Bonchev–Trinajstić information content (AvgIpc) is 2.68. The van der Waals surface area contributed by atoms with E-state index in [4.69, 9.17) is 10.5 Å². The van der Waals surface area contributed by atoms with Crippen molar-refractivity contribution in [1.82, 2.24) is 9.78 Å². The number of benzene rings is 1. The number of anilines is 1. The van der Waals surface area contributed by atoms with Gasteiger partial charge in [0.1, 0.15) is 11.4 Å². The molecule has 1 heterocycles. The summed E-state index contributed by atoms with van der Waals surface area (Å²) in [5.41, 5.74) is 9.95. The maximum atomic E-state index is 6.10. The summed E-state index contributed by atoms with van der Waals surface area (Å²) in [7, 11) is 1.85. The second-order valence-electron chi connectivity index (χ2n) is 5.42. The molecule has 0 radical (unpaired) electrons. The van der Waals surface area contributed by atoms with Crippen LogP contribution in [-0.2, 0) is 13.5 Å². The highest BCUT2D eigenvalue weighted by atomic mass is 16.5. The van der Waals surface area contributed by atoms with E-state index in [1.807, 2.05) is 20.9 Å². The summed E-state index contributed by atoms with van der Waals surface area (Å²) in [5.74, 6) is 1.92. The third-order valence-electron chi connectivity index (χ3n) is 3.53. The van der Waals surface area contributed by atoms with Crippen LogP contribution >= 0.6 is 0 Å². The number of aryl methyl sites for hydroxylation is 3. The molecule has 20 heavy (non-hydrogen) atoms. The number of hydrogen-bond acceptors (Lipinski definition) is 3. The van der Waals surface area contributed by atoms with Gasteiger partial charge in [0.25, 0.3) is 0 Å². The molecule has 108 valence electrons. The molecule has 2 N–H and O–H groups in total. The van der Waals surface area contributed by atoms with Gasteiger partial charge in [0.15, 0.2) is 0 Å². The highest BCUT2D eigenvalue weighted by molar-refractivity contribution is 5.55. The summed E-state index contributed by atoms with van der Waals surface area (Å²) in [6.07, 6.45) is 0.800. The van der Waals surface area contributed by atoms with Gasteiger partial charge in [-0.3, -0.25) is 0 Å². The first-order valence-corrected chi connectivity index (χ1v) is 7.03. The van der Waals surface area contributed by atoms with E-state index in [1.165, 1.54) is 5.56 Å². The predicted molar refractivity (Wildman–Crippen MR) is 82.3 cm³/mol. The van der Waals surface area contributed by atoms with Gasteiger partial charge < -0.3 is 10.5 Å². The van der Waals surface area contributed by atoms with Crippen molar-refractivity contribution in [3.05, 3.63) is 35.0 Å². The van der Waals surface area contributed by atoms with E-state index < -0.39 is 0 Å². The van der Waals surface area contributed by atoms with Crippen LogP contribution in [0.3, 0.4) is 0 Å². The zero-order chi connectivity index (χ0) is 14.9. The van der Waals surface area contributed by atoms with Crippen molar-refractivity contribution in [3.63, 3.8) is 0 Å². The summed E-state index contributed by atoms with van der Waals surface area (Å²) in [6, 6.07) is 6.30. The van der Waals surface area contributed by atoms with Gasteiger partial charge in [-0.25, -0.2) is 4.68 Å². The smallest absolute Gasteiger partial charge is 0.241 e. The molecular formula is C16H23N3O. The highest BCUT2D eigenvalue weighted by Gasteiger charge is 2.15. The number of aromatic nitrogens is 2. The first-order chi connectivity index (χ1) is 9.43. The quantitative estimate of drug-likeness (QED) is 0.922. The Labute approximate surface area is 120 Å². The van der Waals surface area contributed by atoms with Crippen molar-refractivity contribution in [1.29, 1.82) is 0 Å². The summed E-state index contributed by atoms with van der Waals surface area (Å²) < 4.78 is 7.72. The van der Waals surface area contributed by atoms with Crippen molar-refractivity contribution >= 4 is 5.69 Å². The Bertz CT molecular complexity index is 614. The molecule has 0 aliphatic rings. The van der Waals surface area contributed by atoms with Crippen LogP contribution in [0, 0.1) is 6.92 Å². The molecule has 0 bridgehead atoms. The summed E-state index contributed by atoms with van der Waals surface area (Å²) >= 11 is 0.